The highest BCUT2D eigenvalue weighted by molar-refractivity contribution is 6.29. The average Bonchev–Trinajstić information content (AvgIpc) is 2.85. The van der Waals surface area contributed by atoms with Crippen molar-refractivity contribution < 1.29 is 27.1 Å². The largest absolute Gasteiger partial charge is 0.573 e. The summed E-state index contributed by atoms with van der Waals surface area (Å²) in [5.74, 6) is -1.15. The summed E-state index contributed by atoms with van der Waals surface area (Å²) in [6.45, 7) is 3.44. The van der Waals surface area contributed by atoms with Crippen LogP contribution in [0.3, 0.4) is 0 Å². The van der Waals surface area contributed by atoms with Crippen molar-refractivity contribution in [2.75, 3.05) is 42.9 Å². The molecule has 0 unspecified atom stereocenters. The van der Waals surface area contributed by atoms with Gasteiger partial charge >= 0.3 is 6.36 Å². The highest BCUT2D eigenvalue weighted by Crippen LogP contribution is 2.29. The van der Waals surface area contributed by atoms with Crippen LogP contribution >= 0.6 is 11.6 Å². The number of rotatable bonds is 7. The SMILES string of the molecule is O=C(Nc1cc(F)ccc1N1CCN(C/C=C/c2ccc(OC(F)(F)F)cc2)CC1)c1ccnc(Cl)c1. The quantitative estimate of drug-likeness (QED) is 0.304. The summed E-state index contributed by atoms with van der Waals surface area (Å²) in [5.41, 5.74) is 2.15. The van der Waals surface area contributed by atoms with E-state index < -0.39 is 18.1 Å². The summed E-state index contributed by atoms with van der Waals surface area (Å²) in [6.07, 6.45) is 0.490. The maximum absolute atomic E-state index is 14.0. The van der Waals surface area contributed by atoms with Crippen LogP contribution in [0.5, 0.6) is 5.75 Å². The highest BCUT2D eigenvalue weighted by Gasteiger charge is 2.30. The van der Waals surface area contributed by atoms with E-state index in [2.05, 4.69) is 24.8 Å². The first-order valence-corrected chi connectivity index (χ1v) is 11.8. The number of anilines is 2. The lowest BCUT2D eigenvalue weighted by Crippen LogP contribution is -2.46. The van der Waals surface area contributed by atoms with Gasteiger partial charge in [0.2, 0.25) is 0 Å². The van der Waals surface area contributed by atoms with Crippen LogP contribution in [-0.4, -0.2) is 54.9 Å². The van der Waals surface area contributed by atoms with Crippen LogP contribution in [0.15, 0.2) is 66.9 Å². The molecular weight excluding hydrogens is 512 g/mol. The van der Waals surface area contributed by atoms with E-state index in [0.29, 0.717) is 36.6 Å². The molecule has 1 N–H and O–H groups in total. The molecule has 0 radical (unpaired) electrons. The third kappa shape index (κ3) is 7.68. The topological polar surface area (TPSA) is 57.7 Å². The van der Waals surface area contributed by atoms with Gasteiger partial charge in [-0.05, 0) is 48.0 Å². The van der Waals surface area contributed by atoms with Crippen molar-refractivity contribution in [1.29, 1.82) is 0 Å². The van der Waals surface area contributed by atoms with Crippen LogP contribution in [0.1, 0.15) is 15.9 Å². The summed E-state index contributed by atoms with van der Waals surface area (Å²) in [4.78, 5) is 20.8. The van der Waals surface area contributed by atoms with Gasteiger partial charge < -0.3 is 15.0 Å². The van der Waals surface area contributed by atoms with Crippen molar-refractivity contribution in [2.45, 2.75) is 6.36 Å². The molecule has 194 valence electrons. The lowest BCUT2D eigenvalue weighted by atomic mass is 10.1. The molecule has 0 atom stereocenters. The smallest absolute Gasteiger partial charge is 0.406 e. The fraction of sp³-hybridized carbons (Fsp3) is 0.231. The van der Waals surface area contributed by atoms with Crippen LogP contribution in [0.2, 0.25) is 5.15 Å². The average molecular weight is 535 g/mol. The third-order valence-electron chi connectivity index (χ3n) is 5.70. The monoisotopic (exact) mass is 534 g/mol. The third-order valence-corrected chi connectivity index (χ3v) is 5.90. The summed E-state index contributed by atoms with van der Waals surface area (Å²) in [6, 6.07) is 12.9. The first-order chi connectivity index (χ1) is 17.7. The standard InChI is InChI=1S/C26H23ClF4N4O2/c27-24-16-19(9-10-32-24)25(36)33-22-17-20(28)5-8-23(22)35-14-12-34(13-15-35)11-1-2-18-3-6-21(7-4-18)37-26(29,30)31/h1-10,16-17H,11-15H2,(H,33,36)/b2-1+. The summed E-state index contributed by atoms with van der Waals surface area (Å²) >= 11 is 5.87. The molecular formula is C26H23ClF4N4O2. The number of benzene rings is 2. The van der Waals surface area contributed by atoms with E-state index in [1.165, 1.54) is 42.6 Å². The molecule has 37 heavy (non-hydrogen) atoms. The number of carbonyl (C=O) groups is 1. The summed E-state index contributed by atoms with van der Waals surface area (Å²) < 4.78 is 54.7. The molecule has 0 saturated carbocycles. The number of nitrogens with one attached hydrogen (secondary N) is 1. The van der Waals surface area contributed by atoms with Gasteiger partial charge in [0, 0.05) is 44.5 Å². The predicted molar refractivity (Wildman–Crippen MR) is 134 cm³/mol. The Morgan fingerprint density at radius 1 is 1.05 bits per heavy atom. The van der Waals surface area contributed by atoms with Crippen LogP contribution < -0.4 is 15.0 Å². The zero-order chi connectivity index (χ0) is 26.4. The van der Waals surface area contributed by atoms with Crippen molar-refractivity contribution in [1.82, 2.24) is 9.88 Å². The first kappa shape index (κ1) is 26.4. The number of piperazine rings is 1. The molecule has 4 rings (SSSR count). The number of hydrogen-bond donors (Lipinski definition) is 1. The molecule has 2 heterocycles. The number of alkyl halides is 3. The summed E-state index contributed by atoms with van der Waals surface area (Å²) in [7, 11) is 0. The van der Waals surface area contributed by atoms with Crippen LogP contribution in [-0.2, 0) is 0 Å². The molecule has 1 amide bonds. The molecule has 3 aromatic rings. The van der Waals surface area contributed by atoms with E-state index in [9.17, 15) is 22.4 Å². The highest BCUT2D eigenvalue weighted by atomic mass is 35.5. The molecule has 6 nitrogen and oxygen atoms in total. The zero-order valence-corrected chi connectivity index (χ0v) is 20.3. The molecule has 0 bridgehead atoms. The molecule has 1 aliphatic rings. The Bertz CT molecular complexity index is 1260. The van der Waals surface area contributed by atoms with E-state index >= 15 is 0 Å². The van der Waals surface area contributed by atoms with Crippen molar-refractivity contribution in [3.63, 3.8) is 0 Å². The van der Waals surface area contributed by atoms with E-state index in [1.807, 2.05) is 12.2 Å². The van der Waals surface area contributed by atoms with E-state index in [-0.39, 0.29) is 10.9 Å². The molecule has 1 aliphatic heterocycles. The molecule has 2 aromatic carbocycles. The molecule has 1 fully saturated rings. The van der Waals surface area contributed by atoms with Gasteiger partial charge in [0.25, 0.3) is 5.91 Å². The Morgan fingerprint density at radius 2 is 1.78 bits per heavy atom. The minimum atomic E-state index is -4.71. The van der Waals surface area contributed by atoms with Gasteiger partial charge in [0.1, 0.15) is 16.7 Å². The zero-order valence-electron chi connectivity index (χ0n) is 19.5. The van der Waals surface area contributed by atoms with E-state index in [4.69, 9.17) is 11.6 Å². The number of carbonyl (C=O) groups excluding carboxylic acids is 1. The van der Waals surface area contributed by atoms with Crippen LogP contribution in [0.4, 0.5) is 28.9 Å². The van der Waals surface area contributed by atoms with Gasteiger partial charge in [-0.1, -0.05) is 35.9 Å². The fourth-order valence-corrected chi connectivity index (χ4v) is 4.09. The fourth-order valence-electron chi connectivity index (χ4n) is 3.91. The van der Waals surface area contributed by atoms with Gasteiger partial charge in [-0.25, -0.2) is 9.37 Å². The summed E-state index contributed by atoms with van der Waals surface area (Å²) in [5, 5.41) is 2.95. The Morgan fingerprint density at radius 3 is 2.46 bits per heavy atom. The van der Waals surface area contributed by atoms with Crippen molar-refractivity contribution in [2.24, 2.45) is 0 Å². The lowest BCUT2D eigenvalue weighted by molar-refractivity contribution is -0.274. The maximum Gasteiger partial charge on any atom is 0.573 e. The number of aromatic nitrogens is 1. The normalized spacial score (nSPS) is 14.7. The number of pyridine rings is 1. The molecule has 1 aromatic heterocycles. The molecule has 1 saturated heterocycles. The first-order valence-electron chi connectivity index (χ1n) is 11.4. The number of halogens is 5. The minimum absolute atomic E-state index is 0.185. The van der Waals surface area contributed by atoms with Crippen molar-refractivity contribution in [3.8, 4) is 5.75 Å². The number of ether oxygens (including phenoxy) is 1. The molecule has 0 spiro atoms. The van der Waals surface area contributed by atoms with Crippen molar-refractivity contribution >= 4 is 35.0 Å². The van der Waals surface area contributed by atoms with Gasteiger partial charge in [-0.2, -0.15) is 0 Å². The molecule has 11 heteroatoms. The second-order valence-corrected chi connectivity index (χ2v) is 8.68. The number of hydrogen-bond acceptors (Lipinski definition) is 5. The van der Waals surface area contributed by atoms with Gasteiger partial charge in [0.15, 0.2) is 0 Å². The second-order valence-electron chi connectivity index (χ2n) is 8.29. The molecule has 0 aliphatic carbocycles. The Kier molecular flexibility index (Phi) is 8.30. The van der Waals surface area contributed by atoms with Crippen LogP contribution in [0.25, 0.3) is 6.08 Å². The minimum Gasteiger partial charge on any atom is -0.406 e. The Labute approximate surface area is 216 Å². The number of amides is 1. The number of nitrogens with zero attached hydrogens (tertiary/aromatic N) is 3. The Balaban J connectivity index is 1.32. The lowest BCUT2D eigenvalue weighted by Gasteiger charge is -2.36. The van der Waals surface area contributed by atoms with E-state index in [0.717, 1.165) is 18.7 Å². The van der Waals surface area contributed by atoms with Gasteiger partial charge in [0.05, 0.1) is 11.4 Å². The predicted octanol–water partition coefficient (Wildman–Crippen LogP) is 5.86. The maximum atomic E-state index is 14.0. The van der Waals surface area contributed by atoms with Gasteiger partial charge in [-0.15, -0.1) is 13.2 Å². The van der Waals surface area contributed by atoms with Gasteiger partial charge in [-0.3, -0.25) is 9.69 Å². The Hall–Kier alpha value is -3.63. The van der Waals surface area contributed by atoms with Crippen LogP contribution in [0, 0.1) is 5.82 Å². The van der Waals surface area contributed by atoms with E-state index in [1.54, 1.807) is 18.2 Å². The van der Waals surface area contributed by atoms with Crippen molar-refractivity contribution in [3.05, 3.63) is 89.0 Å². The second kappa shape index (κ2) is 11.6.